The largest absolute Gasteiger partial charge is 0.388 e. The van der Waals surface area contributed by atoms with E-state index >= 15 is 0 Å². The molecule has 1 nitrogen and oxygen atoms in total. The van der Waals surface area contributed by atoms with Gasteiger partial charge >= 0.3 is 0 Å². The second kappa shape index (κ2) is 6.22. The highest BCUT2D eigenvalue weighted by molar-refractivity contribution is 7.99. The topological polar surface area (TPSA) is 20.2 Å². The van der Waals surface area contributed by atoms with Crippen molar-refractivity contribution in [2.45, 2.75) is 24.8 Å². The molecule has 2 aromatic rings. The van der Waals surface area contributed by atoms with Crippen molar-refractivity contribution >= 4 is 11.8 Å². The molecule has 0 spiro atoms. The summed E-state index contributed by atoms with van der Waals surface area (Å²) in [6.45, 7) is 3.75. The number of benzene rings is 2. The molecule has 1 atom stereocenters. The number of hydrogen-bond donors (Lipinski definition) is 1. The van der Waals surface area contributed by atoms with Crippen molar-refractivity contribution in [2.75, 3.05) is 5.75 Å². The van der Waals surface area contributed by atoms with Gasteiger partial charge in [-0.05, 0) is 43.2 Å². The van der Waals surface area contributed by atoms with E-state index in [1.54, 1.807) is 30.8 Å². The number of aryl methyl sites for hydroxylation is 2. The zero-order valence-corrected chi connectivity index (χ0v) is 11.9. The molecule has 3 heteroatoms. The quantitative estimate of drug-likeness (QED) is 0.842. The number of rotatable bonds is 4. The second-order valence-electron chi connectivity index (χ2n) is 4.65. The first-order chi connectivity index (χ1) is 9.06. The lowest BCUT2D eigenvalue weighted by molar-refractivity contribution is 0.203. The molecule has 0 heterocycles. The number of thioether (sulfide) groups is 1. The van der Waals surface area contributed by atoms with Crippen LogP contribution in [-0.2, 0) is 0 Å². The zero-order valence-electron chi connectivity index (χ0n) is 11.1. The first-order valence-electron chi connectivity index (χ1n) is 6.20. The minimum Gasteiger partial charge on any atom is -0.388 e. The van der Waals surface area contributed by atoms with Crippen molar-refractivity contribution in [3.63, 3.8) is 0 Å². The average molecular weight is 276 g/mol. The van der Waals surface area contributed by atoms with Gasteiger partial charge in [-0.2, -0.15) is 0 Å². The summed E-state index contributed by atoms with van der Waals surface area (Å²) < 4.78 is 13.4. The van der Waals surface area contributed by atoms with Crippen LogP contribution in [0.3, 0.4) is 0 Å². The van der Waals surface area contributed by atoms with Crippen LogP contribution in [0, 0.1) is 19.7 Å². The van der Waals surface area contributed by atoms with Gasteiger partial charge in [0, 0.05) is 10.6 Å². The highest BCUT2D eigenvalue weighted by Gasteiger charge is 2.10. The molecule has 0 saturated carbocycles. The van der Waals surface area contributed by atoms with Gasteiger partial charge in [-0.15, -0.1) is 11.8 Å². The summed E-state index contributed by atoms with van der Waals surface area (Å²) in [7, 11) is 0. The van der Waals surface area contributed by atoms with Crippen LogP contribution in [0.15, 0.2) is 47.4 Å². The van der Waals surface area contributed by atoms with Gasteiger partial charge in [0.1, 0.15) is 5.82 Å². The van der Waals surface area contributed by atoms with Crippen molar-refractivity contribution in [3.05, 3.63) is 65.0 Å². The average Bonchev–Trinajstić information content (AvgIpc) is 2.39. The molecule has 0 amide bonds. The van der Waals surface area contributed by atoms with Gasteiger partial charge in [0.25, 0.3) is 0 Å². The van der Waals surface area contributed by atoms with Crippen LogP contribution in [0.25, 0.3) is 0 Å². The monoisotopic (exact) mass is 276 g/mol. The summed E-state index contributed by atoms with van der Waals surface area (Å²) >= 11 is 1.58. The Balaban J connectivity index is 2.01. The molecular weight excluding hydrogens is 259 g/mol. The summed E-state index contributed by atoms with van der Waals surface area (Å²) in [5, 5.41) is 10.1. The fourth-order valence-electron chi connectivity index (χ4n) is 1.79. The Morgan fingerprint density at radius 3 is 2.63 bits per heavy atom. The zero-order chi connectivity index (χ0) is 13.8. The molecule has 0 aliphatic carbocycles. The SMILES string of the molecule is Cc1cccc(SCC(O)c2ccc(C)c(F)c2)c1. The van der Waals surface area contributed by atoms with Gasteiger partial charge < -0.3 is 5.11 Å². The Morgan fingerprint density at radius 2 is 1.95 bits per heavy atom. The Bertz CT molecular complexity index is 568. The van der Waals surface area contributed by atoms with Crippen LogP contribution < -0.4 is 0 Å². The third-order valence-electron chi connectivity index (χ3n) is 2.98. The maximum Gasteiger partial charge on any atom is 0.126 e. The van der Waals surface area contributed by atoms with Crippen LogP contribution in [0.5, 0.6) is 0 Å². The van der Waals surface area contributed by atoms with E-state index in [1.165, 1.54) is 11.6 Å². The van der Waals surface area contributed by atoms with E-state index in [0.717, 1.165) is 4.90 Å². The van der Waals surface area contributed by atoms with E-state index in [1.807, 2.05) is 25.1 Å². The van der Waals surface area contributed by atoms with Crippen molar-refractivity contribution in [1.29, 1.82) is 0 Å². The maximum atomic E-state index is 13.4. The molecular formula is C16H17FOS. The second-order valence-corrected chi connectivity index (χ2v) is 5.75. The summed E-state index contributed by atoms with van der Waals surface area (Å²) in [5.41, 5.74) is 2.42. The van der Waals surface area contributed by atoms with E-state index in [4.69, 9.17) is 0 Å². The summed E-state index contributed by atoms with van der Waals surface area (Å²) in [6.07, 6.45) is -0.652. The van der Waals surface area contributed by atoms with Gasteiger partial charge in [-0.25, -0.2) is 4.39 Å². The Morgan fingerprint density at radius 1 is 1.16 bits per heavy atom. The number of aliphatic hydroxyl groups is 1. The predicted molar refractivity (Wildman–Crippen MR) is 78.0 cm³/mol. The standard InChI is InChI=1S/C16H17FOS/c1-11-4-3-5-14(8-11)19-10-16(18)13-7-6-12(2)15(17)9-13/h3-9,16,18H,10H2,1-2H3. The molecule has 0 fully saturated rings. The van der Waals surface area contributed by atoms with Crippen LogP contribution in [0.4, 0.5) is 4.39 Å². The Hall–Kier alpha value is -1.32. The molecule has 1 N–H and O–H groups in total. The first-order valence-corrected chi connectivity index (χ1v) is 7.18. The molecule has 2 rings (SSSR count). The van der Waals surface area contributed by atoms with Gasteiger partial charge in [0.05, 0.1) is 6.10 Å². The van der Waals surface area contributed by atoms with Crippen molar-refractivity contribution in [3.8, 4) is 0 Å². The smallest absolute Gasteiger partial charge is 0.126 e. The summed E-state index contributed by atoms with van der Waals surface area (Å²) in [6, 6.07) is 13.0. The third kappa shape index (κ3) is 3.82. The Kier molecular flexibility index (Phi) is 4.61. The van der Waals surface area contributed by atoms with Gasteiger partial charge in [0.2, 0.25) is 0 Å². The molecule has 0 radical (unpaired) electrons. The fourth-order valence-corrected chi connectivity index (χ4v) is 2.78. The lowest BCUT2D eigenvalue weighted by atomic mass is 10.1. The molecule has 0 saturated heterocycles. The number of halogens is 1. The Labute approximate surface area is 117 Å². The van der Waals surface area contributed by atoms with Crippen molar-refractivity contribution in [1.82, 2.24) is 0 Å². The van der Waals surface area contributed by atoms with Gasteiger partial charge in [0.15, 0.2) is 0 Å². The lowest BCUT2D eigenvalue weighted by Crippen LogP contribution is -2.01. The minimum absolute atomic E-state index is 0.267. The lowest BCUT2D eigenvalue weighted by Gasteiger charge is -2.11. The van der Waals surface area contributed by atoms with Crippen LogP contribution >= 0.6 is 11.8 Å². The minimum atomic E-state index is -0.652. The highest BCUT2D eigenvalue weighted by atomic mass is 32.2. The molecule has 100 valence electrons. The number of aliphatic hydroxyl groups excluding tert-OH is 1. The molecule has 1 unspecified atom stereocenters. The normalized spacial score (nSPS) is 12.4. The fraction of sp³-hybridized carbons (Fsp3) is 0.250. The van der Waals surface area contributed by atoms with E-state index in [-0.39, 0.29) is 5.82 Å². The van der Waals surface area contributed by atoms with E-state index < -0.39 is 6.10 Å². The van der Waals surface area contributed by atoms with E-state index in [9.17, 15) is 9.50 Å². The molecule has 0 aliphatic rings. The molecule has 0 aliphatic heterocycles. The summed E-state index contributed by atoms with van der Waals surface area (Å²) in [4.78, 5) is 1.12. The predicted octanol–water partition coefficient (Wildman–Crippen LogP) is 4.27. The first kappa shape index (κ1) is 14.1. The van der Waals surface area contributed by atoms with Gasteiger partial charge in [-0.1, -0.05) is 29.8 Å². The molecule has 0 bridgehead atoms. The molecule has 0 aromatic heterocycles. The van der Waals surface area contributed by atoms with Crippen LogP contribution in [0.2, 0.25) is 0 Å². The summed E-state index contributed by atoms with van der Waals surface area (Å²) in [5.74, 6) is 0.253. The van der Waals surface area contributed by atoms with Crippen molar-refractivity contribution < 1.29 is 9.50 Å². The van der Waals surface area contributed by atoms with E-state index in [0.29, 0.717) is 16.9 Å². The van der Waals surface area contributed by atoms with Crippen molar-refractivity contribution in [2.24, 2.45) is 0 Å². The molecule has 2 aromatic carbocycles. The molecule has 19 heavy (non-hydrogen) atoms. The highest BCUT2D eigenvalue weighted by Crippen LogP contribution is 2.26. The number of hydrogen-bond acceptors (Lipinski definition) is 2. The van der Waals surface area contributed by atoms with Crippen LogP contribution in [0.1, 0.15) is 22.8 Å². The maximum absolute atomic E-state index is 13.4. The van der Waals surface area contributed by atoms with E-state index in [2.05, 4.69) is 6.07 Å². The van der Waals surface area contributed by atoms with Gasteiger partial charge in [-0.3, -0.25) is 0 Å². The van der Waals surface area contributed by atoms with Crippen LogP contribution in [-0.4, -0.2) is 10.9 Å². The third-order valence-corrected chi connectivity index (χ3v) is 4.05.